The number of hydrogen-bond acceptors (Lipinski definition) is 6. The van der Waals surface area contributed by atoms with E-state index in [2.05, 4.69) is 18.1 Å². The number of fused-ring (bicyclic) bond motifs is 1. The number of thioether (sulfide) groups is 1. The number of nitrogens with zero attached hydrogens (tertiary/aromatic N) is 1. The van der Waals surface area contributed by atoms with Gasteiger partial charge in [0.25, 0.3) is 5.91 Å². The van der Waals surface area contributed by atoms with E-state index in [0.29, 0.717) is 17.0 Å². The molecule has 4 rings (SSSR count). The Kier molecular flexibility index (Phi) is 5.73. The Bertz CT molecular complexity index is 1070. The molecule has 8 heteroatoms. The first-order valence-corrected chi connectivity index (χ1v) is 11.0. The van der Waals surface area contributed by atoms with Crippen LogP contribution < -0.4 is 10.1 Å². The van der Waals surface area contributed by atoms with Crippen LogP contribution in [-0.2, 0) is 11.1 Å². The highest BCUT2D eigenvalue weighted by Crippen LogP contribution is 2.41. The molecule has 1 aliphatic rings. The third-order valence-corrected chi connectivity index (χ3v) is 7.08. The first-order valence-electron chi connectivity index (χ1n) is 9.34. The fraction of sp³-hybridized carbons (Fsp3) is 0.190. The van der Waals surface area contributed by atoms with Crippen molar-refractivity contribution in [2.75, 3.05) is 11.9 Å². The van der Waals surface area contributed by atoms with Crippen molar-refractivity contribution >= 4 is 48.3 Å². The number of carbonyl (C=O) groups excluding carboxylic acids is 2. The molecule has 2 aromatic carbocycles. The molecule has 1 N–H and O–H groups in total. The van der Waals surface area contributed by atoms with Crippen molar-refractivity contribution in [3.63, 3.8) is 0 Å². The van der Waals surface area contributed by atoms with E-state index >= 15 is 0 Å². The molecular formula is C21H19BN2O3S2. The zero-order chi connectivity index (χ0) is 20.4. The summed E-state index contributed by atoms with van der Waals surface area (Å²) in [4.78, 5) is 31.0. The molecule has 1 atom stereocenters. The van der Waals surface area contributed by atoms with Crippen LogP contribution in [0.4, 0.5) is 5.69 Å². The van der Waals surface area contributed by atoms with E-state index in [1.165, 1.54) is 16.6 Å². The van der Waals surface area contributed by atoms with Crippen LogP contribution in [0, 0.1) is 6.92 Å². The predicted molar refractivity (Wildman–Crippen MR) is 119 cm³/mol. The molecule has 0 saturated carbocycles. The van der Waals surface area contributed by atoms with E-state index < -0.39 is 5.25 Å². The second-order valence-electron chi connectivity index (χ2n) is 6.64. The molecule has 29 heavy (non-hydrogen) atoms. The lowest BCUT2D eigenvalue weighted by Crippen LogP contribution is -2.25. The van der Waals surface area contributed by atoms with Crippen molar-refractivity contribution in [1.82, 2.24) is 4.98 Å². The Hall–Kier alpha value is -2.58. The summed E-state index contributed by atoms with van der Waals surface area (Å²) in [6.45, 7) is 1.98. The second kappa shape index (κ2) is 8.43. The van der Waals surface area contributed by atoms with Gasteiger partial charge in [-0.25, -0.2) is 4.98 Å². The highest BCUT2D eigenvalue weighted by atomic mass is 32.2. The molecular weight excluding hydrogens is 403 g/mol. The van der Waals surface area contributed by atoms with Gasteiger partial charge in [0.15, 0.2) is 12.4 Å². The minimum Gasteiger partial charge on any atom is -0.482 e. The van der Waals surface area contributed by atoms with Crippen LogP contribution in [0.2, 0.25) is 0 Å². The van der Waals surface area contributed by atoms with Gasteiger partial charge in [0.05, 0.1) is 15.9 Å². The number of nitrogens with one attached hydrogen (secondary N) is 1. The molecule has 1 unspecified atom stereocenters. The van der Waals surface area contributed by atoms with E-state index in [-0.39, 0.29) is 18.3 Å². The number of Topliss-reactive ketones (excluding diaryl/α,β-unsaturated/α-hetero) is 1. The Balaban J connectivity index is 1.70. The monoisotopic (exact) mass is 422 g/mol. The first kappa shape index (κ1) is 19.7. The van der Waals surface area contributed by atoms with Crippen molar-refractivity contribution in [2.24, 2.45) is 0 Å². The van der Waals surface area contributed by atoms with Gasteiger partial charge in [0.1, 0.15) is 18.6 Å². The predicted octanol–water partition coefficient (Wildman–Crippen LogP) is 3.63. The Morgan fingerprint density at radius 2 is 2.10 bits per heavy atom. The smallest absolute Gasteiger partial charge is 0.262 e. The molecule has 0 bridgehead atoms. The molecule has 1 aliphatic heterocycles. The van der Waals surface area contributed by atoms with Crippen molar-refractivity contribution in [1.29, 1.82) is 0 Å². The molecule has 1 aromatic heterocycles. The molecule has 146 valence electrons. The highest BCUT2D eigenvalue weighted by Gasteiger charge is 2.27. The van der Waals surface area contributed by atoms with Crippen molar-refractivity contribution < 1.29 is 14.3 Å². The third-order valence-electron chi connectivity index (χ3n) is 4.56. The summed E-state index contributed by atoms with van der Waals surface area (Å²) in [5.74, 6) is 0.326. The number of ketones is 1. The zero-order valence-electron chi connectivity index (χ0n) is 16.1. The maximum Gasteiger partial charge on any atom is 0.262 e. The van der Waals surface area contributed by atoms with Crippen molar-refractivity contribution in [3.8, 4) is 5.75 Å². The molecule has 3 aromatic rings. The summed E-state index contributed by atoms with van der Waals surface area (Å²) in [7, 11) is 2.10. The number of ether oxygens (including phenoxy) is 1. The normalized spacial score (nSPS) is 13.9. The lowest BCUT2D eigenvalue weighted by molar-refractivity contribution is -0.118. The van der Waals surface area contributed by atoms with Crippen LogP contribution in [-0.4, -0.2) is 31.1 Å². The van der Waals surface area contributed by atoms with Gasteiger partial charge in [0, 0.05) is 10.4 Å². The minimum absolute atomic E-state index is 0.00818. The summed E-state index contributed by atoms with van der Waals surface area (Å²) in [6.07, 6.45) is 0.881. The number of amides is 1. The fourth-order valence-corrected chi connectivity index (χ4v) is 5.49. The van der Waals surface area contributed by atoms with E-state index in [1.807, 2.05) is 37.3 Å². The van der Waals surface area contributed by atoms with Crippen molar-refractivity contribution in [3.05, 3.63) is 69.5 Å². The zero-order valence-corrected chi connectivity index (χ0v) is 17.7. The van der Waals surface area contributed by atoms with E-state index in [1.54, 1.807) is 29.5 Å². The maximum atomic E-state index is 13.5. The van der Waals surface area contributed by atoms with Crippen LogP contribution in [0.15, 0.2) is 53.6 Å². The highest BCUT2D eigenvalue weighted by molar-refractivity contribution is 8.00. The summed E-state index contributed by atoms with van der Waals surface area (Å²) in [6, 6.07) is 14.9. The van der Waals surface area contributed by atoms with Crippen LogP contribution in [0.5, 0.6) is 5.75 Å². The lowest BCUT2D eigenvalue weighted by atomic mass is 10.0. The number of hydrogen-bond donors (Lipinski definition) is 1. The van der Waals surface area contributed by atoms with Gasteiger partial charge < -0.3 is 10.1 Å². The van der Waals surface area contributed by atoms with Gasteiger partial charge in [-0.2, -0.15) is 0 Å². The van der Waals surface area contributed by atoms with Crippen LogP contribution in [0.3, 0.4) is 0 Å². The molecule has 0 aliphatic carbocycles. The molecule has 0 spiro atoms. The molecule has 2 heterocycles. The maximum absolute atomic E-state index is 13.5. The number of carbonyl (C=O) groups is 2. The number of rotatable bonds is 6. The summed E-state index contributed by atoms with van der Waals surface area (Å²) in [5, 5.41) is 4.25. The van der Waals surface area contributed by atoms with E-state index in [9.17, 15) is 9.59 Å². The lowest BCUT2D eigenvalue weighted by Gasteiger charge is -2.20. The molecule has 1 amide bonds. The minimum atomic E-state index is -0.429. The average Bonchev–Trinajstić information content (AvgIpc) is 3.11. The number of thiazole rings is 1. The van der Waals surface area contributed by atoms with Gasteiger partial charge in [-0.1, -0.05) is 42.1 Å². The number of aromatic nitrogens is 1. The van der Waals surface area contributed by atoms with Gasteiger partial charge in [-0.15, -0.1) is 11.3 Å². The van der Waals surface area contributed by atoms with E-state index in [0.717, 1.165) is 21.9 Å². The van der Waals surface area contributed by atoms with Gasteiger partial charge in [0.2, 0.25) is 0 Å². The second-order valence-corrected chi connectivity index (χ2v) is 9.02. The van der Waals surface area contributed by atoms with Crippen LogP contribution in [0.25, 0.3) is 0 Å². The quantitative estimate of drug-likeness (QED) is 0.373. The summed E-state index contributed by atoms with van der Waals surface area (Å²) >= 11 is 3.16. The standard InChI is InChI=1S/C21H19BN2O3S2/c1-12-23-21(17(10-22)28-12)29-20(13-5-3-2-4-6-13)19(26)14-7-8-16-15(9-14)24-18(25)11-27-16/h2-9,20H,10-11,22H2,1H3,(H,24,25). The van der Waals surface area contributed by atoms with Gasteiger partial charge in [-0.05, 0) is 37.0 Å². The van der Waals surface area contributed by atoms with Crippen LogP contribution in [0.1, 0.15) is 31.1 Å². The molecule has 0 radical (unpaired) electrons. The van der Waals surface area contributed by atoms with Crippen LogP contribution >= 0.6 is 23.1 Å². The first-order chi connectivity index (χ1) is 14.0. The summed E-state index contributed by atoms with van der Waals surface area (Å²) in [5.41, 5.74) is 1.98. The van der Waals surface area contributed by atoms with Crippen molar-refractivity contribution in [2.45, 2.75) is 23.5 Å². The number of aryl methyl sites for hydroxylation is 1. The fourth-order valence-electron chi connectivity index (χ4n) is 3.17. The largest absolute Gasteiger partial charge is 0.482 e. The number of anilines is 1. The Morgan fingerprint density at radius 3 is 2.86 bits per heavy atom. The molecule has 0 saturated heterocycles. The SMILES string of the molecule is BCc1sc(C)nc1SC(C(=O)c1ccc2c(c1)NC(=O)CO2)c1ccccc1. The Labute approximate surface area is 178 Å². The van der Waals surface area contributed by atoms with Gasteiger partial charge in [-0.3, -0.25) is 9.59 Å². The number of benzene rings is 2. The third kappa shape index (κ3) is 4.23. The van der Waals surface area contributed by atoms with Gasteiger partial charge >= 0.3 is 0 Å². The molecule has 0 fully saturated rings. The topological polar surface area (TPSA) is 68.3 Å². The summed E-state index contributed by atoms with van der Waals surface area (Å²) < 4.78 is 5.41. The Morgan fingerprint density at radius 1 is 1.31 bits per heavy atom. The van der Waals surface area contributed by atoms with E-state index in [4.69, 9.17) is 4.74 Å². The molecule has 5 nitrogen and oxygen atoms in total. The average molecular weight is 422 g/mol.